The van der Waals surface area contributed by atoms with Gasteiger partial charge in [-0.3, -0.25) is 0 Å². The summed E-state index contributed by atoms with van der Waals surface area (Å²) in [6.45, 7) is 45.1. The highest BCUT2D eigenvalue weighted by atomic mass is 28.4. The number of carbonyl (C=O) groups is 1. The van der Waals surface area contributed by atoms with E-state index in [1.807, 2.05) is 24.3 Å². The third-order valence-electron chi connectivity index (χ3n) is 11.1. The molecule has 0 radical (unpaired) electrons. The van der Waals surface area contributed by atoms with Crippen LogP contribution in [-0.2, 0) is 22.8 Å². The van der Waals surface area contributed by atoms with Gasteiger partial charge in [-0.15, -0.1) is 6.58 Å². The van der Waals surface area contributed by atoms with Gasteiger partial charge in [-0.05, 0) is 73.0 Å². The summed E-state index contributed by atoms with van der Waals surface area (Å²) in [6, 6.07) is 9.18. The first-order valence-corrected chi connectivity index (χ1v) is 30.5. The summed E-state index contributed by atoms with van der Waals surface area (Å²) in [4.78, 5) is 13.8. The lowest BCUT2D eigenvalue weighted by atomic mass is 9.90. The monoisotopic (exact) mass is 748 g/mol. The van der Waals surface area contributed by atoms with Gasteiger partial charge in [-0.2, -0.15) is 0 Å². The van der Waals surface area contributed by atoms with E-state index in [0.717, 1.165) is 0 Å². The molecule has 1 aromatic carbocycles. The molecule has 1 saturated heterocycles. The Bertz CT molecular complexity index is 1270. The van der Waals surface area contributed by atoms with Gasteiger partial charge in [0.05, 0.1) is 19.7 Å². The first kappa shape index (κ1) is 44.0. The zero-order valence-electron chi connectivity index (χ0n) is 34.4. The fourth-order valence-electron chi connectivity index (χ4n) is 4.89. The van der Waals surface area contributed by atoms with E-state index in [1.165, 1.54) is 0 Å². The largest absolute Gasteiger partial charge is 0.453 e. The molecular weight excluding hydrogens is 677 g/mol. The van der Waals surface area contributed by atoms with Crippen molar-refractivity contribution in [2.75, 3.05) is 0 Å². The molecule has 1 aliphatic heterocycles. The van der Waals surface area contributed by atoms with Crippen molar-refractivity contribution in [3.05, 3.63) is 60.3 Å². The summed E-state index contributed by atoms with van der Waals surface area (Å²) in [7, 11) is -8.82. The van der Waals surface area contributed by atoms with Crippen LogP contribution in [0.5, 0.6) is 0 Å². The van der Waals surface area contributed by atoms with Gasteiger partial charge in [0.15, 0.2) is 31.1 Å². The number of esters is 1. The van der Waals surface area contributed by atoms with Crippen molar-refractivity contribution in [1.82, 2.24) is 0 Å². The molecule has 10 heteroatoms. The average Bonchev–Trinajstić information content (AvgIpc) is 2.92. The van der Waals surface area contributed by atoms with Crippen LogP contribution in [-0.4, -0.2) is 75.6 Å². The van der Waals surface area contributed by atoms with E-state index in [2.05, 4.69) is 140 Å². The molecule has 0 N–H and O–H groups in total. The standard InChI is InChI=1S/C39H72O6Si4/c1-20-24-30-32(42-36(40)29-25-22-21-23-26-29)34(44-48(16,17)38(5,6)7)35(45-49(18,19)39(8,9)10)33(41-30)31(27-28-46(11,12)13)43-47(14,15)37(2,3)4/h20-23,25-28,30-35H,1,24H2,2-19H3/b28-27+/t30-,31?,32?,33-,34?,35?/m0/s1. The number of benzene rings is 1. The quantitative estimate of drug-likeness (QED) is 0.114. The number of carbonyl (C=O) groups excluding carboxylic acids is 1. The molecule has 6 nitrogen and oxygen atoms in total. The van der Waals surface area contributed by atoms with Crippen LogP contribution in [0.1, 0.15) is 79.1 Å². The Labute approximate surface area is 305 Å². The molecule has 1 aromatic rings. The van der Waals surface area contributed by atoms with Crippen molar-refractivity contribution in [3.63, 3.8) is 0 Å². The minimum Gasteiger partial charge on any atom is -0.453 e. The molecular formula is C39H72O6Si4. The fourth-order valence-corrected chi connectivity index (χ4v) is 9.51. The van der Waals surface area contributed by atoms with Crippen LogP contribution in [0.2, 0.25) is 74.0 Å². The molecule has 0 aromatic heterocycles. The Balaban J connectivity index is 2.96. The minimum atomic E-state index is -2.45. The van der Waals surface area contributed by atoms with Crippen LogP contribution in [0, 0.1) is 0 Å². The second kappa shape index (κ2) is 15.9. The summed E-state index contributed by atoms with van der Waals surface area (Å²) in [5.74, 6) is -0.399. The zero-order valence-corrected chi connectivity index (χ0v) is 38.4. The Morgan fingerprint density at radius 1 is 0.755 bits per heavy atom. The van der Waals surface area contributed by atoms with Crippen LogP contribution >= 0.6 is 0 Å². The molecule has 49 heavy (non-hydrogen) atoms. The number of rotatable bonds is 13. The van der Waals surface area contributed by atoms with Gasteiger partial charge in [0.2, 0.25) is 0 Å². The molecule has 0 aliphatic carbocycles. The van der Waals surface area contributed by atoms with E-state index in [-0.39, 0.29) is 21.2 Å². The predicted molar refractivity (Wildman–Crippen MR) is 218 cm³/mol. The van der Waals surface area contributed by atoms with Crippen LogP contribution in [0.15, 0.2) is 54.8 Å². The van der Waals surface area contributed by atoms with E-state index >= 15 is 0 Å². The first-order valence-electron chi connectivity index (χ1n) is 18.2. The minimum absolute atomic E-state index is 0.0198. The molecule has 0 spiro atoms. The summed E-state index contributed by atoms with van der Waals surface area (Å²) in [5.41, 5.74) is 2.86. The van der Waals surface area contributed by atoms with Gasteiger partial charge in [-0.1, -0.05) is 118 Å². The number of hydrogen-bond donors (Lipinski definition) is 0. The number of hydrogen-bond acceptors (Lipinski definition) is 6. The Hall–Kier alpha value is -1.12. The first-order chi connectivity index (χ1) is 21.9. The fraction of sp³-hybridized carbons (Fsp3) is 0.718. The smallest absolute Gasteiger partial charge is 0.338 e. The normalized spacial score (nSPS) is 24.2. The molecule has 0 amide bonds. The third-order valence-corrected chi connectivity index (χ3v) is 25.8. The summed E-state index contributed by atoms with van der Waals surface area (Å²) in [5, 5.41) is -0.204. The van der Waals surface area contributed by atoms with Crippen molar-refractivity contribution in [1.29, 1.82) is 0 Å². The van der Waals surface area contributed by atoms with E-state index in [9.17, 15) is 4.79 Å². The van der Waals surface area contributed by atoms with Crippen LogP contribution < -0.4 is 0 Å². The molecule has 2 rings (SSSR count). The van der Waals surface area contributed by atoms with Crippen LogP contribution in [0.4, 0.5) is 0 Å². The van der Waals surface area contributed by atoms with Gasteiger partial charge in [0, 0.05) is 0 Å². The second-order valence-corrected chi connectivity index (χ2v) is 39.0. The maximum Gasteiger partial charge on any atom is 0.338 e. The average molecular weight is 749 g/mol. The Morgan fingerprint density at radius 3 is 1.65 bits per heavy atom. The molecule has 0 bridgehead atoms. The SMILES string of the molecule is C=CC[C@@H]1O[C@@H](C(/C=C/[Si](C)(C)C)O[Si](C)(C)C(C)(C)C)C(O[Si](C)(C)C(C)(C)C)C(O[Si](C)(C)C(C)(C)C)C1OC(=O)c1ccccc1. The van der Waals surface area contributed by atoms with E-state index in [0.29, 0.717) is 12.0 Å². The highest BCUT2D eigenvalue weighted by Crippen LogP contribution is 2.46. The summed E-state index contributed by atoms with van der Waals surface area (Å²) in [6.07, 6.45) is 1.35. The van der Waals surface area contributed by atoms with E-state index < -0.39 is 69.5 Å². The molecule has 4 unspecified atom stereocenters. The van der Waals surface area contributed by atoms with Gasteiger partial charge < -0.3 is 22.8 Å². The lowest BCUT2D eigenvalue weighted by Crippen LogP contribution is -2.68. The molecule has 1 fully saturated rings. The Morgan fingerprint density at radius 2 is 1.22 bits per heavy atom. The van der Waals surface area contributed by atoms with Crippen molar-refractivity contribution >= 4 is 39.0 Å². The van der Waals surface area contributed by atoms with Crippen molar-refractivity contribution in [2.45, 2.75) is 179 Å². The van der Waals surface area contributed by atoms with Crippen molar-refractivity contribution in [2.24, 2.45) is 0 Å². The second-order valence-electron chi connectivity index (χ2n) is 19.7. The maximum atomic E-state index is 13.8. The van der Waals surface area contributed by atoms with Gasteiger partial charge in [0.1, 0.15) is 24.4 Å². The Kier molecular flexibility index (Phi) is 14.3. The highest BCUT2D eigenvalue weighted by molar-refractivity contribution is 6.81. The summed E-state index contributed by atoms with van der Waals surface area (Å²) < 4.78 is 36.0. The van der Waals surface area contributed by atoms with Crippen molar-refractivity contribution < 1.29 is 27.5 Å². The molecule has 6 atom stereocenters. The highest BCUT2D eigenvalue weighted by Gasteiger charge is 2.57. The van der Waals surface area contributed by atoms with Crippen LogP contribution in [0.3, 0.4) is 0 Å². The van der Waals surface area contributed by atoms with Crippen LogP contribution in [0.25, 0.3) is 0 Å². The van der Waals surface area contributed by atoms with E-state index in [4.69, 9.17) is 22.8 Å². The topological polar surface area (TPSA) is 63.2 Å². The van der Waals surface area contributed by atoms with E-state index in [1.54, 1.807) is 12.1 Å². The third kappa shape index (κ3) is 11.7. The predicted octanol–water partition coefficient (Wildman–Crippen LogP) is 11.2. The lowest BCUT2D eigenvalue weighted by Gasteiger charge is -2.54. The van der Waals surface area contributed by atoms with Gasteiger partial charge >= 0.3 is 5.97 Å². The molecule has 280 valence electrons. The molecule has 1 heterocycles. The number of ether oxygens (including phenoxy) is 2. The zero-order chi connectivity index (χ0) is 38.0. The van der Waals surface area contributed by atoms with Gasteiger partial charge in [0.25, 0.3) is 0 Å². The summed E-state index contributed by atoms with van der Waals surface area (Å²) >= 11 is 0. The maximum absolute atomic E-state index is 13.8. The van der Waals surface area contributed by atoms with Gasteiger partial charge in [-0.25, -0.2) is 4.79 Å². The van der Waals surface area contributed by atoms with Crippen molar-refractivity contribution in [3.8, 4) is 0 Å². The molecule has 0 saturated carbocycles. The lowest BCUT2D eigenvalue weighted by molar-refractivity contribution is -0.227. The molecule has 1 aliphatic rings.